The monoisotopic (exact) mass is 231 g/mol. The summed E-state index contributed by atoms with van der Waals surface area (Å²) in [6, 6.07) is 13.5. The minimum atomic E-state index is -0.310. The lowest BCUT2D eigenvalue weighted by molar-refractivity contribution is 0.476. The van der Waals surface area contributed by atoms with Crippen molar-refractivity contribution in [2.24, 2.45) is 5.73 Å². The van der Waals surface area contributed by atoms with E-state index in [-0.39, 0.29) is 11.9 Å². The first kappa shape index (κ1) is 11.6. The molecule has 0 saturated carbocycles. The molecule has 0 saturated heterocycles. The molecule has 1 atom stereocenters. The van der Waals surface area contributed by atoms with Crippen molar-refractivity contribution < 1.29 is 9.13 Å². The van der Waals surface area contributed by atoms with Gasteiger partial charge in [-0.1, -0.05) is 18.2 Å². The minimum Gasteiger partial charge on any atom is -0.457 e. The summed E-state index contributed by atoms with van der Waals surface area (Å²) in [7, 11) is 0. The Morgan fingerprint density at radius 3 is 2.35 bits per heavy atom. The van der Waals surface area contributed by atoms with Crippen LogP contribution in [0.15, 0.2) is 48.5 Å². The third-order valence-corrected chi connectivity index (χ3v) is 2.44. The molecule has 88 valence electrons. The van der Waals surface area contributed by atoms with Gasteiger partial charge in [-0.2, -0.15) is 0 Å². The molecule has 0 aliphatic rings. The van der Waals surface area contributed by atoms with Gasteiger partial charge in [0, 0.05) is 12.1 Å². The van der Waals surface area contributed by atoms with Crippen molar-refractivity contribution in [2.45, 2.75) is 13.0 Å². The molecule has 0 bridgehead atoms. The molecule has 0 spiro atoms. The molecule has 17 heavy (non-hydrogen) atoms. The summed E-state index contributed by atoms with van der Waals surface area (Å²) in [6.07, 6.45) is 0. The van der Waals surface area contributed by atoms with E-state index in [9.17, 15) is 4.39 Å². The van der Waals surface area contributed by atoms with Crippen molar-refractivity contribution in [3.8, 4) is 11.5 Å². The van der Waals surface area contributed by atoms with Crippen LogP contribution in [0.4, 0.5) is 4.39 Å². The molecule has 3 heteroatoms. The number of nitrogens with two attached hydrogens (primary N) is 1. The predicted octanol–water partition coefficient (Wildman–Crippen LogP) is 3.64. The Balaban J connectivity index is 2.14. The van der Waals surface area contributed by atoms with Crippen LogP contribution in [-0.2, 0) is 0 Å². The van der Waals surface area contributed by atoms with Gasteiger partial charge >= 0.3 is 0 Å². The second-order valence-corrected chi connectivity index (χ2v) is 3.92. The minimum absolute atomic E-state index is 0.00165. The Morgan fingerprint density at radius 1 is 1.06 bits per heavy atom. The summed E-state index contributed by atoms with van der Waals surface area (Å²) in [6.45, 7) is 1.92. The van der Waals surface area contributed by atoms with Crippen molar-refractivity contribution in [2.75, 3.05) is 0 Å². The van der Waals surface area contributed by atoms with Gasteiger partial charge < -0.3 is 10.5 Å². The van der Waals surface area contributed by atoms with Crippen LogP contribution in [0.1, 0.15) is 18.5 Å². The van der Waals surface area contributed by atoms with E-state index in [1.54, 1.807) is 12.1 Å². The molecule has 0 aromatic heterocycles. The smallest absolute Gasteiger partial charge is 0.130 e. The summed E-state index contributed by atoms with van der Waals surface area (Å²) in [4.78, 5) is 0. The molecule has 0 radical (unpaired) electrons. The Bertz CT molecular complexity index is 494. The van der Waals surface area contributed by atoms with Crippen LogP contribution in [-0.4, -0.2) is 0 Å². The number of rotatable bonds is 3. The SMILES string of the molecule is CC(N)c1ccc(Oc2cccc(F)c2)cc1. The van der Waals surface area contributed by atoms with Crippen LogP contribution >= 0.6 is 0 Å². The molecule has 2 aromatic carbocycles. The van der Waals surface area contributed by atoms with Crippen molar-refractivity contribution in [3.63, 3.8) is 0 Å². The van der Waals surface area contributed by atoms with E-state index in [4.69, 9.17) is 10.5 Å². The zero-order valence-electron chi connectivity index (χ0n) is 9.56. The fraction of sp³-hybridized carbons (Fsp3) is 0.143. The largest absolute Gasteiger partial charge is 0.457 e. The summed E-state index contributed by atoms with van der Waals surface area (Å²) in [5, 5.41) is 0. The van der Waals surface area contributed by atoms with E-state index >= 15 is 0 Å². The molecule has 2 nitrogen and oxygen atoms in total. The number of benzene rings is 2. The summed E-state index contributed by atoms with van der Waals surface area (Å²) < 4.78 is 18.5. The third-order valence-electron chi connectivity index (χ3n) is 2.44. The van der Waals surface area contributed by atoms with E-state index in [2.05, 4.69) is 0 Å². The Hall–Kier alpha value is -1.87. The van der Waals surface area contributed by atoms with Crippen LogP contribution in [0, 0.1) is 5.82 Å². The Kier molecular flexibility index (Phi) is 3.40. The molecular weight excluding hydrogens is 217 g/mol. The molecule has 2 rings (SSSR count). The highest BCUT2D eigenvalue weighted by molar-refractivity contribution is 5.33. The molecule has 2 aromatic rings. The molecular formula is C14H14FNO. The second-order valence-electron chi connectivity index (χ2n) is 3.92. The van der Waals surface area contributed by atoms with Crippen molar-refractivity contribution in [1.82, 2.24) is 0 Å². The van der Waals surface area contributed by atoms with Gasteiger partial charge in [-0.25, -0.2) is 4.39 Å². The van der Waals surface area contributed by atoms with Crippen molar-refractivity contribution >= 4 is 0 Å². The van der Waals surface area contributed by atoms with Crippen LogP contribution in [0.2, 0.25) is 0 Å². The van der Waals surface area contributed by atoms with E-state index in [1.807, 2.05) is 31.2 Å². The summed E-state index contributed by atoms with van der Waals surface area (Å²) >= 11 is 0. The van der Waals surface area contributed by atoms with Crippen LogP contribution in [0.25, 0.3) is 0 Å². The van der Waals surface area contributed by atoms with Crippen molar-refractivity contribution in [3.05, 3.63) is 59.9 Å². The van der Waals surface area contributed by atoms with Gasteiger partial charge in [-0.3, -0.25) is 0 Å². The van der Waals surface area contributed by atoms with E-state index in [0.29, 0.717) is 11.5 Å². The molecule has 1 unspecified atom stereocenters. The lowest BCUT2D eigenvalue weighted by atomic mass is 10.1. The average Bonchev–Trinajstić information content (AvgIpc) is 2.29. The third kappa shape index (κ3) is 3.04. The highest BCUT2D eigenvalue weighted by Gasteiger charge is 2.01. The van der Waals surface area contributed by atoms with E-state index in [1.165, 1.54) is 12.1 Å². The zero-order valence-corrected chi connectivity index (χ0v) is 9.56. The van der Waals surface area contributed by atoms with Gasteiger partial charge in [-0.15, -0.1) is 0 Å². The Labute approximate surface area is 99.8 Å². The average molecular weight is 231 g/mol. The lowest BCUT2D eigenvalue weighted by Gasteiger charge is -2.08. The maximum Gasteiger partial charge on any atom is 0.130 e. The van der Waals surface area contributed by atoms with Gasteiger partial charge in [0.15, 0.2) is 0 Å². The number of hydrogen-bond acceptors (Lipinski definition) is 2. The summed E-state index contributed by atoms with van der Waals surface area (Å²) in [5.41, 5.74) is 6.78. The van der Waals surface area contributed by atoms with E-state index < -0.39 is 0 Å². The highest BCUT2D eigenvalue weighted by Crippen LogP contribution is 2.23. The first-order valence-corrected chi connectivity index (χ1v) is 5.44. The number of ether oxygens (including phenoxy) is 1. The van der Waals surface area contributed by atoms with Gasteiger partial charge in [0.25, 0.3) is 0 Å². The number of hydrogen-bond donors (Lipinski definition) is 1. The molecule has 0 aliphatic heterocycles. The zero-order chi connectivity index (χ0) is 12.3. The van der Waals surface area contributed by atoms with Crippen LogP contribution in [0.3, 0.4) is 0 Å². The van der Waals surface area contributed by atoms with Gasteiger partial charge in [0.1, 0.15) is 17.3 Å². The first-order valence-electron chi connectivity index (χ1n) is 5.44. The maximum absolute atomic E-state index is 12.9. The highest BCUT2D eigenvalue weighted by atomic mass is 19.1. The fourth-order valence-corrected chi connectivity index (χ4v) is 1.51. The predicted molar refractivity (Wildman–Crippen MR) is 65.5 cm³/mol. The second kappa shape index (κ2) is 4.97. The fourth-order valence-electron chi connectivity index (χ4n) is 1.51. The standard InChI is InChI=1S/C14H14FNO/c1-10(16)11-5-7-13(8-6-11)17-14-4-2-3-12(15)9-14/h2-10H,16H2,1H3. The summed E-state index contributed by atoms with van der Waals surface area (Å²) in [5.74, 6) is 0.841. The Morgan fingerprint density at radius 2 is 1.76 bits per heavy atom. The molecule has 2 N–H and O–H groups in total. The molecule has 0 heterocycles. The topological polar surface area (TPSA) is 35.2 Å². The van der Waals surface area contributed by atoms with Crippen LogP contribution < -0.4 is 10.5 Å². The normalized spacial score (nSPS) is 12.2. The quantitative estimate of drug-likeness (QED) is 0.875. The number of halogens is 1. The molecule has 0 fully saturated rings. The molecule has 0 aliphatic carbocycles. The maximum atomic E-state index is 12.9. The van der Waals surface area contributed by atoms with E-state index in [0.717, 1.165) is 5.56 Å². The van der Waals surface area contributed by atoms with Crippen molar-refractivity contribution in [1.29, 1.82) is 0 Å². The first-order chi connectivity index (χ1) is 8.15. The van der Waals surface area contributed by atoms with Gasteiger partial charge in [0.05, 0.1) is 0 Å². The van der Waals surface area contributed by atoms with Crippen LogP contribution in [0.5, 0.6) is 11.5 Å². The molecule has 0 amide bonds. The van der Waals surface area contributed by atoms with Gasteiger partial charge in [-0.05, 0) is 36.8 Å². The van der Waals surface area contributed by atoms with Gasteiger partial charge in [0.2, 0.25) is 0 Å². The lowest BCUT2D eigenvalue weighted by Crippen LogP contribution is -2.04.